The van der Waals surface area contributed by atoms with E-state index in [1.165, 1.54) is 37.7 Å². The average molecular weight is 296 g/mol. The van der Waals surface area contributed by atoms with Crippen LogP contribution in [-0.4, -0.2) is 9.55 Å². The standard InChI is InChI=1S/C21H16N2/c1-2-5-16-15(4-1)8-9-19-17-6-3-7-21(23-13-12-22-14-23)20(17)11-10-18(16)19/h3-14H,1-2H2. The highest BCUT2D eigenvalue weighted by molar-refractivity contribution is 6.10. The van der Waals surface area contributed by atoms with E-state index in [9.17, 15) is 0 Å². The van der Waals surface area contributed by atoms with Gasteiger partial charge in [-0.2, -0.15) is 0 Å². The van der Waals surface area contributed by atoms with Crippen molar-refractivity contribution in [2.75, 3.05) is 0 Å². The average Bonchev–Trinajstić information content (AvgIpc) is 3.15. The molecule has 2 heteroatoms. The van der Waals surface area contributed by atoms with Crippen molar-refractivity contribution in [2.24, 2.45) is 0 Å². The number of rotatable bonds is 1. The summed E-state index contributed by atoms with van der Waals surface area (Å²) in [6, 6.07) is 15.5. The summed E-state index contributed by atoms with van der Waals surface area (Å²) in [5.41, 5.74) is 1.18. The van der Waals surface area contributed by atoms with Gasteiger partial charge in [0.25, 0.3) is 0 Å². The highest BCUT2D eigenvalue weighted by Crippen LogP contribution is 2.28. The Balaban J connectivity index is 1.94. The van der Waals surface area contributed by atoms with Crippen molar-refractivity contribution < 1.29 is 0 Å². The van der Waals surface area contributed by atoms with Crippen molar-refractivity contribution in [3.8, 4) is 5.69 Å². The van der Waals surface area contributed by atoms with Crippen LogP contribution in [0.5, 0.6) is 0 Å². The molecule has 0 saturated heterocycles. The molecule has 0 spiro atoms. The molecule has 1 aliphatic rings. The zero-order chi connectivity index (χ0) is 15.2. The third kappa shape index (κ3) is 1.85. The lowest BCUT2D eigenvalue weighted by Crippen LogP contribution is -2.27. The van der Waals surface area contributed by atoms with Crippen molar-refractivity contribution in [1.82, 2.24) is 9.55 Å². The molecule has 4 aromatic rings. The minimum Gasteiger partial charge on any atom is -0.306 e. The number of fused-ring (bicyclic) bond motifs is 5. The molecular formula is C21H16N2. The zero-order valence-corrected chi connectivity index (χ0v) is 12.7. The lowest BCUT2D eigenvalue weighted by atomic mass is 9.96. The van der Waals surface area contributed by atoms with Gasteiger partial charge in [0, 0.05) is 17.8 Å². The van der Waals surface area contributed by atoms with E-state index >= 15 is 0 Å². The van der Waals surface area contributed by atoms with E-state index < -0.39 is 0 Å². The molecule has 1 aliphatic carbocycles. The molecule has 0 saturated carbocycles. The largest absolute Gasteiger partial charge is 0.306 e. The Morgan fingerprint density at radius 3 is 2.52 bits per heavy atom. The Bertz CT molecular complexity index is 1150. The Labute approximate surface area is 134 Å². The first-order valence-electron chi connectivity index (χ1n) is 8.05. The van der Waals surface area contributed by atoms with Crippen LogP contribution in [0.3, 0.4) is 0 Å². The monoisotopic (exact) mass is 296 g/mol. The fourth-order valence-electron chi connectivity index (χ4n) is 3.70. The van der Waals surface area contributed by atoms with Gasteiger partial charge >= 0.3 is 0 Å². The van der Waals surface area contributed by atoms with E-state index in [-0.39, 0.29) is 0 Å². The van der Waals surface area contributed by atoms with E-state index in [1.54, 1.807) is 0 Å². The molecule has 0 aliphatic heterocycles. The highest BCUT2D eigenvalue weighted by atomic mass is 15.0. The number of imidazole rings is 1. The zero-order valence-electron chi connectivity index (χ0n) is 12.7. The maximum Gasteiger partial charge on any atom is 0.0991 e. The number of hydrogen-bond acceptors (Lipinski definition) is 1. The third-order valence-electron chi connectivity index (χ3n) is 4.77. The molecule has 0 radical (unpaired) electrons. The summed E-state index contributed by atoms with van der Waals surface area (Å²) in [4.78, 5) is 4.18. The number of hydrogen-bond donors (Lipinski definition) is 0. The Hall–Kier alpha value is -2.87. The summed E-state index contributed by atoms with van der Waals surface area (Å²) in [6.45, 7) is 0. The molecule has 110 valence electrons. The minimum absolute atomic E-state index is 1.14. The van der Waals surface area contributed by atoms with Crippen molar-refractivity contribution in [2.45, 2.75) is 12.8 Å². The van der Waals surface area contributed by atoms with Crippen LogP contribution in [0.15, 0.2) is 61.2 Å². The van der Waals surface area contributed by atoms with Gasteiger partial charge in [-0.25, -0.2) is 4.98 Å². The molecule has 3 aromatic carbocycles. The van der Waals surface area contributed by atoms with Gasteiger partial charge in [-0.1, -0.05) is 48.6 Å². The van der Waals surface area contributed by atoms with E-state index in [0.29, 0.717) is 0 Å². The van der Waals surface area contributed by atoms with Gasteiger partial charge in [-0.15, -0.1) is 0 Å². The van der Waals surface area contributed by atoms with Gasteiger partial charge in [0.05, 0.1) is 12.0 Å². The minimum atomic E-state index is 1.14. The second kappa shape index (κ2) is 4.82. The lowest BCUT2D eigenvalue weighted by Gasteiger charge is -2.11. The van der Waals surface area contributed by atoms with E-state index in [1.807, 2.05) is 18.7 Å². The van der Waals surface area contributed by atoms with E-state index in [2.05, 4.69) is 64.2 Å². The smallest absolute Gasteiger partial charge is 0.0991 e. The van der Waals surface area contributed by atoms with Gasteiger partial charge in [0.15, 0.2) is 0 Å². The van der Waals surface area contributed by atoms with Crippen LogP contribution < -0.4 is 10.4 Å². The molecule has 1 heterocycles. The fraction of sp³-hybridized carbons (Fsp3) is 0.0952. The van der Waals surface area contributed by atoms with Gasteiger partial charge < -0.3 is 4.57 Å². The van der Waals surface area contributed by atoms with Crippen LogP contribution in [0, 0.1) is 0 Å². The Morgan fingerprint density at radius 2 is 1.61 bits per heavy atom. The first-order valence-corrected chi connectivity index (χ1v) is 8.05. The van der Waals surface area contributed by atoms with Crippen LogP contribution in [0.2, 0.25) is 0 Å². The van der Waals surface area contributed by atoms with Crippen molar-refractivity contribution >= 4 is 33.7 Å². The maximum atomic E-state index is 4.18. The molecule has 0 bridgehead atoms. The van der Waals surface area contributed by atoms with Gasteiger partial charge in [-0.05, 0) is 45.5 Å². The molecule has 5 rings (SSSR count). The normalized spacial score (nSPS) is 13.6. The van der Waals surface area contributed by atoms with Crippen LogP contribution in [0.25, 0.3) is 39.4 Å². The summed E-state index contributed by atoms with van der Waals surface area (Å²) < 4.78 is 2.08. The summed E-state index contributed by atoms with van der Waals surface area (Å²) in [6.07, 6.45) is 12.7. The molecule has 0 atom stereocenters. The maximum absolute atomic E-state index is 4.18. The van der Waals surface area contributed by atoms with Crippen molar-refractivity contribution in [3.05, 3.63) is 71.6 Å². The second-order valence-corrected chi connectivity index (χ2v) is 6.06. The van der Waals surface area contributed by atoms with Gasteiger partial charge in [0.1, 0.15) is 0 Å². The fourth-order valence-corrected chi connectivity index (χ4v) is 3.70. The van der Waals surface area contributed by atoms with Gasteiger partial charge in [0.2, 0.25) is 0 Å². The first kappa shape index (κ1) is 12.7. The molecule has 0 fully saturated rings. The van der Waals surface area contributed by atoms with E-state index in [4.69, 9.17) is 0 Å². The van der Waals surface area contributed by atoms with Crippen LogP contribution in [0.4, 0.5) is 0 Å². The second-order valence-electron chi connectivity index (χ2n) is 6.06. The number of nitrogens with zero attached hydrogens (tertiary/aromatic N) is 2. The molecular weight excluding hydrogens is 280 g/mol. The predicted molar refractivity (Wildman–Crippen MR) is 96.0 cm³/mol. The topological polar surface area (TPSA) is 17.8 Å². The highest BCUT2D eigenvalue weighted by Gasteiger charge is 2.07. The molecule has 0 unspecified atom stereocenters. The predicted octanol–water partition coefficient (Wildman–Crippen LogP) is 3.53. The van der Waals surface area contributed by atoms with Crippen molar-refractivity contribution in [1.29, 1.82) is 0 Å². The Morgan fingerprint density at radius 1 is 0.783 bits per heavy atom. The Kier molecular flexibility index (Phi) is 2.65. The molecule has 1 aromatic heterocycles. The SMILES string of the molecule is C1=c2ccc3c(ccc4c(-n5ccnc5)cccc43)c2=CCC1. The van der Waals surface area contributed by atoms with E-state index in [0.717, 1.165) is 12.8 Å². The van der Waals surface area contributed by atoms with Gasteiger partial charge in [-0.3, -0.25) is 0 Å². The van der Waals surface area contributed by atoms with Crippen LogP contribution >= 0.6 is 0 Å². The summed E-state index contributed by atoms with van der Waals surface area (Å²) in [7, 11) is 0. The summed E-state index contributed by atoms with van der Waals surface area (Å²) >= 11 is 0. The quantitative estimate of drug-likeness (QED) is 0.491. The number of benzene rings is 3. The van der Waals surface area contributed by atoms with Crippen LogP contribution in [-0.2, 0) is 0 Å². The molecule has 23 heavy (non-hydrogen) atoms. The summed E-state index contributed by atoms with van der Waals surface area (Å²) in [5, 5.41) is 8.01. The lowest BCUT2D eigenvalue weighted by molar-refractivity contribution is 1.07. The van der Waals surface area contributed by atoms with Crippen molar-refractivity contribution in [3.63, 3.8) is 0 Å². The van der Waals surface area contributed by atoms with Crippen LogP contribution in [0.1, 0.15) is 12.8 Å². The first-order chi connectivity index (χ1) is 11.4. The summed E-state index contributed by atoms with van der Waals surface area (Å²) in [5.74, 6) is 0. The molecule has 0 N–H and O–H groups in total. The number of aromatic nitrogens is 2. The third-order valence-corrected chi connectivity index (χ3v) is 4.77. The molecule has 2 nitrogen and oxygen atoms in total. The molecule has 0 amide bonds.